The van der Waals surface area contributed by atoms with Crippen LogP contribution in [-0.4, -0.2) is 11.9 Å². The van der Waals surface area contributed by atoms with Crippen molar-refractivity contribution in [2.45, 2.75) is 12.8 Å². The summed E-state index contributed by atoms with van der Waals surface area (Å²) in [6.07, 6.45) is 0.839. The summed E-state index contributed by atoms with van der Waals surface area (Å²) in [5.41, 5.74) is -1.45. The Kier molecular flexibility index (Phi) is 10.9. The van der Waals surface area contributed by atoms with Gasteiger partial charge >= 0.3 is 59.1 Å². The second-order valence-corrected chi connectivity index (χ2v) is 3.81. The number of benzene rings is 1. The van der Waals surface area contributed by atoms with Crippen LogP contribution >= 0.6 is 0 Å². The van der Waals surface area contributed by atoms with E-state index in [0.717, 1.165) is 0 Å². The maximum atomic E-state index is 11.1. The molecule has 0 heterocycles. The number of carboxylic acids is 2. The van der Waals surface area contributed by atoms with Crippen molar-refractivity contribution in [3.05, 3.63) is 48.6 Å². The SMILES string of the molecule is C=CCC(Cc1ccccc1)(C(=O)[O-])C(=O)[O-].[Na+].[Na+]. The first-order valence-corrected chi connectivity index (χ1v) is 5.10. The predicted molar refractivity (Wildman–Crippen MR) is 57.4 cm³/mol. The van der Waals surface area contributed by atoms with E-state index in [2.05, 4.69) is 6.58 Å². The Balaban J connectivity index is 0. The van der Waals surface area contributed by atoms with Gasteiger partial charge in [0.2, 0.25) is 0 Å². The number of rotatable bonds is 6. The molecule has 6 heteroatoms. The molecule has 4 nitrogen and oxygen atoms in total. The number of hydrogen-bond acceptors (Lipinski definition) is 4. The van der Waals surface area contributed by atoms with Gasteiger partial charge in [-0.25, -0.2) is 0 Å². The van der Waals surface area contributed by atoms with Crippen LogP contribution in [0, 0.1) is 5.41 Å². The number of aliphatic carboxylic acids is 2. The largest absolute Gasteiger partial charge is 1.00 e. The maximum absolute atomic E-state index is 11.1. The van der Waals surface area contributed by atoms with Crippen LogP contribution in [0.25, 0.3) is 0 Å². The molecule has 0 saturated heterocycles. The zero-order valence-corrected chi connectivity index (χ0v) is 15.2. The minimum Gasteiger partial charge on any atom is -0.549 e. The van der Waals surface area contributed by atoms with Crippen molar-refractivity contribution in [2.75, 3.05) is 0 Å². The summed E-state index contributed by atoms with van der Waals surface area (Å²) in [7, 11) is 0. The quantitative estimate of drug-likeness (QED) is 0.294. The zero-order valence-electron chi connectivity index (χ0n) is 11.2. The van der Waals surface area contributed by atoms with Gasteiger partial charge in [-0.1, -0.05) is 36.4 Å². The van der Waals surface area contributed by atoms with Gasteiger partial charge in [-0.3, -0.25) is 0 Å². The first kappa shape index (κ1) is 21.2. The molecule has 0 atom stereocenters. The van der Waals surface area contributed by atoms with Crippen molar-refractivity contribution in [3.8, 4) is 0 Å². The molecule has 0 aromatic heterocycles. The van der Waals surface area contributed by atoms with Gasteiger partial charge in [0.05, 0.1) is 17.4 Å². The molecule has 0 N–H and O–H groups in total. The van der Waals surface area contributed by atoms with Crippen LogP contribution in [0.15, 0.2) is 43.0 Å². The van der Waals surface area contributed by atoms with E-state index >= 15 is 0 Å². The Labute approximate surface area is 156 Å². The van der Waals surface area contributed by atoms with E-state index in [1.54, 1.807) is 30.3 Å². The molecule has 1 rings (SSSR count). The Hall–Kier alpha value is -0.1000. The molecular weight excluding hydrogens is 266 g/mol. The monoisotopic (exact) mass is 278 g/mol. The molecule has 0 aliphatic carbocycles. The molecule has 1 aromatic carbocycles. The number of carbonyl (C=O) groups excluding carboxylic acids is 2. The summed E-state index contributed by atoms with van der Waals surface area (Å²) in [5, 5.41) is 22.2. The summed E-state index contributed by atoms with van der Waals surface area (Å²) in [4.78, 5) is 22.2. The van der Waals surface area contributed by atoms with E-state index in [1.807, 2.05) is 0 Å². The average molecular weight is 278 g/mol. The van der Waals surface area contributed by atoms with Crippen molar-refractivity contribution in [1.29, 1.82) is 0 Å². The van der Waals surface area contributed by atoms with Gasteiger partial charge in [-0.15, -0.1) is 6.58 Å². The fourth-order valence-corrected chi connectivity index (χ4v) is 1.66. The Morgan fingerprint density at radius 3 is 1.95 bits per heavy atom. The fraction of sp³-hybridized carbons (Fsp3) is 0.231. The van der Waals surface area contributed by atoms with Gasteiger partial charge in [0, 0.05) is 0 Å². The van der Waals surface area contributed by atoms with Crippen LogP contribution in [0.4, 0.5) is 0 Å². The summed E-state index contributed by atoms with van der Waals surface area (Å²) in [5.74, 6) is -3.30. The van der Waals surface area contributed by atoms with E-state index in [0.29, 0.717) is 5.56 Å². The molecule has 1 aromatic rings. The summed E-state index contributed by atoms with van der Waals surface area (Å²) in [6, 6.07) is 8.49. The predicted octanol–water partition coefficient (Wildman–Crippen LogP) is -6.70. The van der Waals surface area contributed by atoms with E-state index in [-0.39, 0.29) is 72.0 Å². The molecule has 19 heavy (non-hydrogen) atoms. The number of allylic oxidation sites excluding steroid dienone is 1. The first-order chi connectivity index (χ1) is 8.03. The maximum Gasteiger partial charge on any atom is 1.00 e. The smallest absolute Gasteiger partial charge is 0.549 e. The van der Waals surface area contributed by atoms with E-state index in [9.17, 15) is 19.8 Å². The van der Waals surface area contributed by atoms with Crippen LogP contribution in [0.3, 0.4) is 0 Å². The molecule has 0 fully saturated rings. The number of hydrogen-bond donors (Lipinski definition) is 0. The second kappa shape index (κ2) is 9.75. The van der Waals surface area contributed by atoms with Gasteiger partial charge in [0.25, 0.3) is 0 Å². The van der Waals surface area contributed by atoms with Crippen LogP contribution < -0.4 is 69.3 Å². The van der Waals surface area contributed by atoms with Gasteiger partial charge in [-0.2, -0.15) is 0 Å². The van der Waals surface area contributed by atoms with Crippen molar-refractivity contribution in [3.63, 3.8) is 0 Å². The van der Waals surface area contributed by atoms with Crippen molar-refractivity contribution >= 4 is 11.9 Å². The third kappa shape index (κ3) is 5.42. The van der Waals surface area contributed by atoms with Gasteiger partial charge < -0.3 is 19.8 Å². The third-order valence-corrected chi connectivity index (χ3v) is 2.62. The normalized spacial score (nSPS) is 9.68. The Morgan fingerprint density at radius 2 is 1.58 bits per heavy atom. The van der Waals surface area contributed by atoms with E-state index in [1.165, 1.54) is 6.08 Å². The number of carboxylic acid groups (broad SMARTS) is 2. The third-order valence-electron chi connectivity index (χ3n) is 2.62. The van der Waals surface area contributed by atoms with Crippen LogP contribution in [-0.2, 0) is 16.0 Å². The standard InChI is InChI=1S/C13H14O4.2Na/c1-2-8-13(11(14)15,12(16)17)9-10-6-4-3-5-7-10;;/h2-7H,1,8-9H2,(H,14,15)(H,16,17);;/q;2*+1/p-2. The summed E-state index contributed by atoms with van der Waals surface area (Å²) < 4.78 is 0. The molecule has 0 amide bonds. The Morgan fingerprint density at radius 1 is 1.11 bits per heavy atom. The fourth-order valence-electron chi connectivity index (χ4n) is 1.66. The zero-order chi connectivity index (χ0) is 12.9. The molecular formula is C13H12Na2O4. The van der Waals surface area contributed by atoms with Crippen molar-refractivity contribution in [1.82, 2.24) is 0 Å². The van der Waals surface area contributed by atoms with Gasteiger partial charge in [0.1, 0.15) is 0 Å². The molecule has 0 unspecified atom stereocenters. The molecule has 0 radical (unpaired) electrons. The Bertz CT molecular complexity index is 418. The average Bonchev–Trinajstić information content (AvgIpc) is 2.29. The van der Waals surface area contributed by atoms with Crippen molar-refractivity contribution < 1.29 is 78.9 Å². The molecule has 0 aliphatic rings. The molecule has 0 aliphatic heterocycles. The van der Waals surface area contributed by atoms with E-state index in [4.69, 9.17) is 0 Å². The summed E-state index contributed by atoms with van der Waals surface area (Å²) >= 11 is 0. The minimum absolute atomic E-state index is 0. The number of carbonyl (C=O) groups is 2. The summed E-state index contributed by atoms with van der Waals surface area (Å²) in [6.45, 7) is 3.37. The van der Waals surface area contributed by atoms with E-state index < -0.39 is 17.4 Å². The van der Waals surface area contributed by atoms with Crippen LogP contribution in [0.5, 0.6) is 0 Å². The molecule has 90 valence electrons. The second-order valence-electron chi connectivity index (χ2n) is 3.81. The van der Waals surface area contributed by atoms with Crippen LogP contribution in [0.1, 0.15) is 12.0 Å². The molecule has 0 bridgehead atoms. The minimum atomic E-state index is -2.05. The van der Waals surface area contributed by atoms with Gasteiger partial charge in [0.15, 0.2) is 0 Å². The van der Waals surface area contributed by atoms with Gasteiger partial charge in [-0.05, 0) is 18.4 Å². The molecule has 0 saturated carbocycles. The molecule has 0 spiro atoms. The topological polar surface area (TPSA) is 80.3 Å². The van der Waals surface area contributed by atoms with Crippen LogP contribution in [0.2, 0.25) is 0 Å². The first-order valence-electron chi connectivity index (χ1n) is 5.10. The van der Waals surface area contributed by atoms with Crippen molar-refractivity contribution in [2.24, 2.45) is 5.41 Å².